The predicted octanol–water partition coefficient (Wildman–Crippen LogP) is 3.49. The maximum Gasteiger partial charge on any atom is 0.257 e. The summed E-state index contributed by atoms with van der Waals surface area (Å²) in [4.78, 5) is 8.16. The van der Waals surface area contributed by atoms with Crippen LogP contribution in [0.1, 0.15) is 0 Å². The summed E-state index contributed by atoms with van der Waals surface area (Å²) >= 11 is 2.06. The van der Waals surface area contributed by atoms with Gasteiger partial charge in [-0.25, -0.2) is 4.98 Å². The fraction of sp³-hybridized carbons (Fsp3) is 0. The molecule has 1 aromatic carbocycles. The highest BCUT2D eigenvalue weighted by Crippen LogP contribution is 2.24. The fourth-order valence-electron chi connectivity index (χ4n) is 1.62. The molecular formula is C12H7IN2O. The number of benzene rings is 1. The number of aromatic nitrogens is 2. The normalized spacial score (nSPS) is 10.8. The van der Waals surface area contributed by atoms with Crippen LogP contribution in [0.4, 0.5) is 0 Å². The molecule has 2 heterocycles. The molecule has 3 nitrogen and oxygen atoms in total. The first-order chi connectivity index (χ1) is 7.83. The number of nitrogens with zero attached hydrogens (tertiary/aromatic N) is 2. The summed E-state index contributed by atoms with van der Waals surface area (Å²) in [6.45, 7) is 0. The van der Waals surface area contributed by atoms with Gasteiger partial charge in [-0.1, -0.05) is 12.1 Å². The van der Waals surface area contributed by atoms with Crippen LogP contribution in [0.5, 0.6) is 0 Å². The molecule has 0 aliphatic rings. The van der Waals surface area contributed by atoms with E-state index in [2.05, 4.69) is 38.6 Å². The second-order valence-electron chi connectivity index (χ2n) is 3.42. The third kappa shape index (κ3) is 1.69. The van der Waals surface area contributed by atoms with Gasteiger partial charge < -0.3 is 4.42 Å². The first-order valence-corrected chi connectivity index (χ1v) is 5.86. The summed E-state index contributed by atoms with van der Waals surface area (Å²) in [7, 11) is 0. The quantitative estimate of drug-likeness (QED) is 0.644. The van der Waals surface area contributed by atoms with Crippen molar-refractivity contribution in [3.8, 4) is 11.3 Å². The Morgan fingerprint density at radius 3 is 2.81 bits per heavy atom. The molecule has 78 valence electrons. The van der Waals surface area contributed by atoms with E-state index in [4.69, 9.17) is 4.42 Å². The number of halogens is 1. The van der Waals surface area contributed by atoms with Crippen molar-refractivity contribution in [3.05, 3.63) is 46.8 Å². The Hall–Kier alpha value is -1.43. The Labute approximate surface area is 106 Å². The minimum Gasteiger partial charge on any atom is -0.432 e. The van der Waals surface area contributed by atoms with Crippen molar-refractivity contribution in [2.45, 2.75) is 0 Å². The molecule has 0 N–H and O–H groups in total. The van der Waals surface area contributed by atoms with Gasteiger partial charge in [0.15, 0.2) is 5.76 Å². The molecule has 0 bridgehead atoms. The van der Waals surface area contributed by atoms with E-state index in [1.54, 1.807) is 12.4 Å². The van der Waals surface area contributed by atoms with E-state index in [1.165, 1.54) is 0 Å². The average molecular weight is 322 g/mol. The number of fused-ring (bicyclic) bond motifs is 1. The number of hydrogen-bond donors (Lipinski definition) is 0. The molecule has 3 rings (SSSR count). The Balaban J connectivity index is 2.18. The largest absolute Gasteiger partial charge is 0.432 e. The predicted molar refractivity (Wildman–Crippen MR) is 70.0 cm³/mol. The molecular weight excluding hydrogens is 315 g/mol. The molecule has 2 aromatic heterocycles. The van der Waals surface area contributed by atoms with Crippen LogP contribution in [0.3, 0.4) is 0 Å². The molecule has 0 spiro atoms. The van der Waals surface area contributed by atoms with Crippen molar-refractivity contribution in [2.75, 3.05) is 0 Å². The average Bonchev–Trinajstić information content (AvgIpc) is 2.75. The molecule has 0 aliphatic heterocycles. The van der Waals surface area contributed by atoms with Gasteiger partial charge in [0.1, 0.15) is 0 Å². The number of rotatable bonds is 1. The number of hydrogen-bond acceptors (Lipinski definition) is 3. The highest BCUT2D eigenvalue weighted by molar-refractivity contribution is 14.1. The van der Waals surface area contributed by atoms with Crippen LogP contribution in [0.15, 0.2) is 47.3 Å². The standard InChI is InChI=1S/C12H7IN2O/c13-12-15-7-11(16-12)9-1-2-10-6-14-4-3-8(10)5-9/h1-7H. The van der Waals surface area contributed by atoms with Crippen LogP contribution in [0.2, 0.25) is 0 Å². The third-order valence-corrected chi connectivity index (χ3v) is 2.90. The molecule has 0 aliphatic carbocycles. The van der Waals surface area contributed by atoms with E-state index in [0.29, 0.717) is 3.90 Å². The molecule has 0 fully saturated rings. The van der Waals surface area contributed by atoms with E-state index in [9.17, 15) is 0 Å². The third-order valence-electron chi connectivity index (χ3n) is 2.40. The molecule has 0 saturated heterocycles. The molecule has 0 atom stereocenters. The van der Waals surface area contributed by atoms with Gasteiger partial charge >= 0.3 is 0 Å². The molecule has 0 unspecified atom stereocenters. The summed E-state index contributed by atoms with van der Waals surface area (Å²) in [6, 6.07) is 8.11. The van der Waals surface area contributed by atoms with Crippen LogP contribution in [-0.4, -0.2) is 9.97 Å². The minimum absolute atomic E-state index is 0.655. The lowest BCUT2D eigenvalue weighted by molar-refractivity contribution is 0.539. The van der Waals surface area contributed by atoms with Gasteiger partial charge in [-0.05, 0) is 17.5 Å². The second-order valence-corrected chi connectivity index (χ2v) is 4.34. The molecule has 0 amide bonds. The zero-order chi connectivity index (χ0) is 11.0. The van der Waals surface area contributed by atoms with Gasteiger partial charge in [-0.3, -0.25) is 4.98 Å². The van der Waals surface area contributed by atoms with Gasteiger partial charge in [-0.2, -0.15) is 0 Å². The molecule has 3 aromatic rings. The molecule has 0 saturated carbocycles. The second kappa shape index (κ2) is 3.86. The first kappa shape index (κ1) is 9.77. The van der Waals surface area contributed by atoms with Gasteiger partial charge in [0, 0.05) is 45.9 Å². The van der Waals surface area contributed by atoms with E-state index >= 15 is 0 Å². The smallest absolute Gasteiger partial charge is 0.257 e. The van der Waals surface area contributed by atoms with Crippen LogP contribution in [-0.2, 0) is 0 Å². The van der Waals surface area contributed by atoms with E-state index in [1.807, 2.05) is 24.4 Å². The van der Waals surface area contributed by atoms with Gasteiger partial charge in [0.05, 0.1) is 6.20 Å². The highest BCUT2D eigenvalue weighted by Gasteiger charge is 2.04. The summed E-state index contributed by atoms with van der Waals surface area (Å²) in [6.07, 6.45) is 5.38. The van der Waals surface area contributed by atoms with Crippen LogP contribution < -0.4 is 0 Å². The molecule has 16 heavy (non-hydrogen) atoms. The lowest BCUT2D eigenvalue weighted by Crippen LogP contribution is -1.77. The van der Waals surface area contributed by atoms with E-state index in [0.717, 1.165) is 22.1 Å². The molecule has 0 radical (unpaired) electrons. The van der Waals surface area contributed by atoms with Crippen molar-refractivity contribution in [3.63, 3.8) is 0 Å². The maximum atomic E-state index is 5.48. The summed E-state index contributed by atoms with van der Waals surface area (Å²) in [5, 5.41) is 2.28. The Morgan fingerprint density at radius 2 is 2.00 bits per heavy atom. The summed E-state index contributed by atoms with van der Waals surface area (Å²) in [5.41, 5.74) is 1.04. The van der Waals surface area contributed by atoms with Crippen molar-refractivity contribution in [1.29, 1.82) is 0 Å². The van der Waals surface area contributed by atoms with Crippen LogP contribution >= 0.6 is 22.6 Å². The van der Waals surface area contributed by atoms with Crippen molar-refractivity contribution < 1.29 is 4.42 Å². The number of oxazole rings is 1. The zero-order valence-electron chi connectivity index (χ0n) is 8.22. The summed E-state index contributed by atoms with van der Waals surface area (Å²) in [5.74, 6) is 0.795. The first-order valence-electron chi connectivity index (χ1n) is 4.78. The lowest BCUT2D eigenvalue weighted by atomic mass is 10.1. The van der Waals surface area contributed by atoms with Gasteiger partial charge in [-0.15, -0.1) is 0 Å². The maximum absolute atomic E-state index is 5.48. The SMILES string of the molecule is Ic1ncc(-c2ccc3cnccc3c2)o1. The van der Waals surface area contributed by atoms with E-state index < -0.39 is 0 Å². The van der Waals surface area contributed by atoms with Crippen molar-refractivity contribution >= 4 is 33.4 Å². The Bertz CT molecular complexity index is 648. The Kier molecular flexibility index (Phi) is 2.36. The van der Waals surface area contributed by atoms with Crippen molar-refractivity contribution in [1.82, 2.24) is 9.97 Å². The fourth-order valence-corrected chi connectivity index (χ4v) is 2.00. The highest BCUT2D eigenvalue weighted by atomic mass is 127. The molecule has 4 heteroatoms. The topological polar surface area (TPSA) is 38.9 Å². The zero-order valence-corrected chi connectivity index (χ0v) is 10.4. The monoisotopic (exact) mass is 322 g/mol. The minimum atomic E-state index is 0.655. The van der Waals surface area contributed by atoms with E-state index in [-0.39, 0.29) is 0 Å². The van der Waals surface area contributed by atoms with Crippen LogP contribution in [0, 0.1) is 3.90 Å². The van der Waals surface area contributed by atoms with Gasteiger partial charge in [0.2, 0.25) is 0 Å². The number of pyridine rings is 1. The summed E-state index contributed by atoms with van der Waals surface area (Å²) < 4.78 is 6.13. The van der Waals surface area contributed by atoms with Crippen molar-refractivity contribution in [2.24, 2.45) is 0 Å². The van der Waals surface area contributed by atoms with Gasteiger partial charge in [0.25, 0.3) is 3.90 Å². The lowest BCUT2D eigenvalue weighted by Gasteiger charge is -1.99. The van der Waals surface area contributed by atoms with Crippen LogP contribution in [0.25, 0.3) is 22.1 Å². The Morgan fingerprint density at radius 1 is 1.06 bits per heavy atom.